The van der Waals surface area contributed by atoms with Crippen molar-refractivity contribution in [1.82, 2.24) is 14.8 Å². The van der Waals surface area contributed by atoms with Gasteiger partial charge in [-0.1, -0.05) is 19.1 Å². The van der Waals surface area contributed by atoms with Gasteiger partial charge >= 0.3 is 0 Å². The van der Waals surface area contributed by atoms with Crippen LogP contribution in [0.4, 0.5) is 4.39 Å². The third-order valence-corrected chi connectivity index (χ3v) is 5.59. The van der Waals surface area contributed by atoms with Crippen LogP contribution in [0.1, 0.15) is 46.2 Å². The molecule has 0 bridgehead atoms. The summed E-state index contributed by atoms with van der Waals surface area (Å²) in [5, 5.41) is 13.0. The van der Waals surface area contributed by atoms with Crippen LogP contribution in [-0.2, 0) is 17.8 Å². The Bertz CT molecular complexity index is 1050. The molecule has 0 spiro atoms. The summed E-state index contributed by atoms with van der Waals surface area (Å²) in [5.41, 5.74) is -0.660. The Labute approximate surface area is 171 Å². The predicted molar refractivity (Wildman–Crippen MR) is 105 cm³/mol. The molecule has 158 valence electrons. The number of carbonyl (C=O) groups excluding carboxylic acids is 2. The number of pyridine rings is 1. The third kappa shape index (κ3) is 3.45. The molecule has 3 heterocycles. The van der Waals surface area contributed by atoms with Gasteiger partial charge in [0.2, 0.25) is 5.43 Å². The summed E-state index contributed by atoms with van der Waals surface area (Å²) in [7, 11) is 0. The summed E-state index contributed by atoms with van der Waals surface area (Å²) >= 11 is 0. The van der Waals surface area contributed by atoms with Gasteiger partial charge in [-0.3, -0.25) is 14.4 Å². The summed E-state index contributed by atoms with van der Waals surface area (Å²) in [6, 6.07) is 5.55. The molecule has 2 aromatic rings. The van der Waals surface area contributed by atoms with Crippen molar-refractivity contribution in [3.63, 3.8) is 0 Å². The van der Waals surface area contributed by atoms with Crippen LogP contribution in [0.25, 0.3) is 0 Å². The van der Waals surface area contributed by atoms with Crippen LogP contribution < -0.4 is 10.7 Å². The Balaban J connectivity index is 1.62. The van der Waals surface area contributed by atoms with Gasteiger partial charge in [0.15, 0.2) is 17.7 Å². The summed E-state index contributed by atoms with van der Waals surface area (Å²) < 4.78 is 20.1. The Morgan fingerprint density at radius 2 is 2.03 bits per heavy atom. The van der Waals surface area contributed by atoms with Gasteiger partial charge in [-0.05, 0) is 30.5 Å². The highest BCUT2D eigenvalue weighted by molar-refractivity contribution is 5.99. The standard InChI is InChI=1S/C21H22FN3O5/c1-2-14-7-8-30-16-11-24-10-15(18(26)19(27)17(24)21(29)25(14)16)20(28)23-9-12-3-5-13(22)6-4-12/h3-6,10,14,16,27H,2,7-9,11H2,1H3,(H,23,28)/t14-,16?/m1/s1. The van der Waals surface area contributed by atoms with Crippen LogP contribution in [0.15, 0.2) is 35.3 Å². The quantitative estimate of drug-likeness (QED) is 0.790. The van der Waals surface area contributed by atoms with E-state index >= 15 is 0 Å². The monoisotopic (exact) mass is 415 g/mol. The average molecular weight is 415 g/mol. The van der Waals surface area contributed by atoms with Crippen molar-refractivity contribution in [3.05, 3.63) is 63.3 Å². The topological polar surface area (TPSA) is 101 Å². The SMILES string of the molecule is CC[C@@H]1CCOC2Cn3cc(C(=O)NCc4ccc(F)cc4)c(=O)c(O)c3C(=O)N21. The maximum atomic E-state index is 13.0. The van der Waals surface area contributed by atoms with Gasteiger partial charge in [0.1, 0.15) is 11.4 Å². The molecule has 1 unspecified atom stereocenters. The first kappa shape index (κ1) is 20.1. The van der Waals surface area contributed by atoms with Crippen molar-refractivity contribution in [2.24, 2.45) is 0 Å². The van der Waals surface area contributed by atoms with E-state index in [4.69, 9.17) is 4.74 Å². The number of carbonyl (C=O) groups is 2. The lowest BCUT2D eigenvalue weighted by molar-refractivity contribution is -0.116. The van der Waals surface area contributed by atoms with Crippen molar-refractivity contribution < 1.29 is 23.8 Å². The molecule has 0 radical (unpaired) electrons. The van der Waals surface area contributed by atoms with Crippen LogP contribution in [0.3, 0.4) is 0 Å². The summed E-state index contributed by atoms with van der Waals surface area (Å²) in [6.45, 7) is 2.78. The molecule has 1 saturated heterocycles. The van der Waals surface area contributed by atoms with Crippen LogP contribution in [0.5, 0.6) is 5.75 Å². The molecule has 30 heavy (non-hydrogen) atoms. The highest BCUT2D eigenvalue weighted by atomic mass is 19.1. The molecule has 2 amide bonds. The molecule has 1 aromatic carbocycles. The minimum atomic E-state index is -0.907. The summed E-state index contributed by atoms with van der Waals surface area (Å²) in [6.07, 6.45) is 2.19. The molecule has 2 atom stereocenters. The second-order valence-corrected chi connectivity index (χ2v) is 7.42. The first-order valence-electron chi connectivity index (χ1n) is 9.84. The Kier molecular flexibility index (Phi) is 5.29. The zero-order valence-corrected chi connectivity index (χ0v) is 16.4. The Morgan fingerprint density at radius 3 is 2.73 bits per heavy atom. The fourth-order valence-electron chi connectivity index (χ4n) is 3.98. The number of halogens is 1. The van der Waals surface area contributed by atoms with Crippen molar-refractivity contribution in [2.45, 2.75) is 45.1 Å². The largest absolute Gasteiger partial charge is 0.503 e. The number of aromatic nitrogens is 1. The molecule has 2 N–H and O–H groups in total. The second kappa shape index (κ2) is 7.91. The van der Waals surface area contributed by atoms with Crippen LogP contribution >= 0.6 is 0 Å². The van der Waals surface area contributed by atoms with E-state index in [1.807, 2.05) is 6.92 Å². The lowest BCUT2D eigenvalue weighted by Crippen LogP contribution is -2.57. The second-order valence-electron chi connectivity index (χ2n) is 7.42. The van der Waals surface area contributed by atoms with E-state index in [1.54, 1.807) is 4.90 Å². The fraction of sp³-hybridized carbons (Fsp3) is 0.381. The molecule has 0 saturated carbocycles. The normalized spacial score (nSPS) is 20.5. The minimum absolute atomic E-state index is 0.0295. The van der Waals surface area contributed by atoms with Gasteiger partial charge in [0, 0.05) is 18.8 Å². The molecule has 1 aromatic heterocycles. The molecule has 9 heteroatoms. The van der Waals surface area contributed by atoms with Crippen molar-refractivity contribution in [1.29, 1.82) is 0 Å². The first-order valence-corrected chi connectivity index (χ1v) is 9.84. The lowest BCUT2D eigenvalue weighted by atomic mass is 10.0. The van der Waals surface area contributed by atoms with E-state index in [9.17, 15) is 23.9 Å². The van der Waals surface area contributed by atoms with Crippen LogP contribution in [0.2, 0.25) is 0 Å². The van der Waals surface area contributed by atoms with Gasteiger partial charge in [0.25, 0.3) is 11.8 Å². The Hall–Kier alpha value is -3.20. The molecule has 4 rings (SSSR count). The van der Waals surface area contributed by atoms with E-state index in [-0.39, 0.29) is 30.4 Å². The third-order valence-electron chi connectivity index (χ3n) is 5.59. The number of hydrogen-bond acceptors (Lipinski definition) is 5. The molecule has 2 aliphatic heterocycles. The molecule has 0 aliphatic carbocycles. The van der Waals surface area contributed by atoms with Gasteiger partial charge in [-0.2, -0.15) is 0 Å². The number of aromatic hydroxyl groups is 1. The number of ether oxygens (including phenoxy) is 1. The predicted octanol–water partition coefficient (Wildman–Crippen LogP) is 1.60. The van der Waals surface area contributed by atoms with E-state index in [0.717, 1.165) is 6.42 Å². The van der Waals surface area contributed by atoms with Gasteiger partial charge in [-0.25, -0.2) is 4.39 Å². The number of amides is 2. The van der Waals surface area contributed by atoms with E-state index < -0.39 is 35.0 Å². The van der Waals surface area contributed by atoms with E-state index in [2.05, 4.69) is 5.32 Å². The lowest BCUT2D eigenvalue weighted by Gasteiger charge is -2.45. The van der Waals surface area contributed by atoms with Crippen LogP contribution in [0, 0.1) is 5.82 Å². The number of nitrogens with one attached hydrogen (secondary N) is 1. The first-order chi connectivity index (χ1) is 14.4. The maximum Gasteiger partial charge on any atom is 0.276 e. The van der Waals surface area contributed by atoms with Crippen molar-refractivity contribution in [2.75, 3.05) is 6.61 Å². The zero-order chi connectivity index (χ0) is 21.4. The molecule has 8 nitrogen and oxygen atoms in total. The van der Waals surface area contributed by atoms with E-state index in [0.29, 0.717) is 18.6 Å². The highest BCUT2D eigenvalue weighted by Gasteiger charge is 2.41. The number of nitrogens with zero attached hydrogens (tertiary/aromatic N) is 2. The highest BCUT2D eigenvalue weighted by Crippen LogP contribution is 2.30. The van der Waals surface area contributed by atoms with Crippen LogP contribution in [-0.4, -0.2) is 45.3 Å². The molecular formula is C21H22FN3O5. The summed E-state index contributed by atoms with van der Waals surface area (Å²) in [4.78, 5) is 39.8. The average Bonchev–Trinajstić information content (AvgIpc) is 2.75. The Morgan fingerprint density at radius 1 is 1.30 bits per heavy atom. The minimum Gasteiger partial charge on any atom is -0.503 e. The summed E-state index contributed by atoms with van der Waals surface area (Å²) in [5.74, 6) is -2.31. The van der Waals surface area contributed by atoms with Gasteiger partial charge < -0.3 is 24.6 Å². The maximum absolute atomic E-state index is 13.0. The van der Waals surface area contributed by atoms with Crippen molar-refractivity contribution >= 4 is 11.8 Å². The van der Waals surface area contributed by atoms with Gasteiger partial charge in [-0.15, -0.1) is 0 Å². The number of hydrogen-bond donors (Lipinski definition) is 2. The number of rotatable bonds is 4. The number of fused-ring (bicyclic) bond motifs is 2. The van der Waals surface area contributed by atoms with E-state index in [1.165, 1.54) is 35.0 Å². The fourth-order valence-corrected chi connectivity index (χ4v) is 3.98. The molecule has 1 fully saturated rings. The zero-order valence-electron chi connectivity index (χ0n) is 16.4. The molecular weight excluding hydrogens is 393 g/mol. The smallest absolute Gasteiger partial charge is 0.276 e. The van der Waals surface area contributed by atoms with Crippen molar-refractivity contribution in [3.8, 4) is 5.75 Å². The number of benzene rings is 1. The molecule has 2 aliphatic rings. The van der Waals surface area contributed by atoms with Gasteiger partial charge in [0.05, 0.1) is 13.2 Å².